The number of benzene rings is 1. The first-order valence-electron chi connectivity index (χ1n) is 7.46. The fourth-order valence-electron chi connectivity index (χ4n) is 2.61. The van der Waals surface area contributed by atoms with Crippen LogP contribution < -0.4 is 10.2 Å². The van der Waals surface area contributed by atoms with Gasteiger partial charge in [0.25, 0.3) is 0 Å². The molecule has 1 heterocycles. The summed E-state index contributed by atoms with van der Waals surface area (Å²) in [5.74, 6) is 0.244. The highest BCUT2D eigenvalue weighted by Crippen LogP contribution is 2.34. The molecular weight excluding hydrogens is 280 g/mol. The minimum absolute atomic E-state index is 0.208. The topological polar surface area (TPSA) is 59.9 Å². The van der Waals surface area contributed by atoms with E-state index in [1.807, 2.05) is 38.1 Å². The smallest absolute Gasteiger partial charge is 0.336 e. The molecule has 1 N–H and O–H groups in total. The molecule has 5 heteroatoms. The van der Waals surface area contributed by atoms with Crippen molar-refractivity contribution in [2.75, 3.05) is 13.7 Å². The van der Waals surface area contributed by atoms with Crippen molar-refractivity contribution in [1.82, 2.24) is 5.43 Å². The fraction of sp³-hybridized carbons (Fsp3) is 0.412. The molecule has 1 aliphatic rings. The maximum Gasteiger partial charge on any atom is 0.336 e. The highest BCUT2D eigenvalue weighted by Gasteiger charge is 2.32. The van der Waals surface area contributed by atoms with Gasteiger partial charge in [-0.3, -0.25) is 5.43 Å². The van der Waals surface area contributed by atoms with E-state index in [9.17, 15) is 4.79 Å². The number of rotatable bonds is 5. The Morgan fingerprint density at radius 3 is 2.77 bits per heavy atom. The molecule has 0 radical (unpaired) electrons. The van der Waals surface area contributed by atoms with Gasteiger partial charge in [0.15, 0.2) is 0 Å². The van der Waals surface area contributed by atoms with Crippen LogP contribution in [-0.2, 0) is 9.53 Å². The van der Waals surface area contributed by atoms with Crippen LogP contribution in [0.5, 0.6) is 5.75 Å². The normalized spacial score (nSPS) is 17.6. The summed E-state index contributed by atoms with van der Waals surface area (Å²) in [7, 11) is 1.63. The molecule has 0 spiro atoms. The van der Waals surface area contributed by atoms with Gasteiger partial charge in [-0.2, -0.15) is 5.10 Å². The molecule has 0 aromatic heterocycles. The Balaban J connectivity index is 2.50. The number of carbonyl (C=O) groups excluding carboxylic acids is 1. The number of carbonyl (C=O) groups is 1. The molecule has 0 saturated heterocycles. The Morgan fingerprint density at radius 2 is 2.14 bits per heavy atom. The maximum absolute atomic E-state index is 12.4. The number of nitrogens with one attached hydrogen (secondary N) is 1. The van der Waals surface area contributed by atoms with Crippen LogP contribution in [0.15, 0.2) is 40.6 Å². The zero-order chi connectivity index (χ0) is 16.1. The average molecular weight is 302 g/mol. The molecule has 1 aromatic rings. The SMILES string of the molecule is CCOC(=O)C1=C(C)NN=C(CC)C1c1cccc(OC)c1. The van der Waals surface area contributed by atoms with Gasteiger partial charge in [0, 0.05) is 5.70 Å². The third kappa shape index (κ3) is 3.13. The summed E-state index contributed by atoms with van der Waals surface area (Å²) in [6, 6.07) is 7.72. The summed E-state index contributed by atoms with van der Waals surface area (Å²) in [5.41, 5.74) is 6.15. The minimum Gasteiger partial charge on any atom is -0.497 e. The van der Waals surface area contributed by atoms with Crippen LogP contribution in [0.25, 0.3) is 0 Å². The molecule has 1 atom stereocenters. The molecule has 118 valence electrons. The van der Waals surface area contributed by atoms with E-state index < -0.39 is 0 Å². The largest absolute Gasteiger partial charge is 0.497 e. The van der Waals surface area contributed by atoms with Crippen LogP contribution in [0.2, 0.25) is 0 Å². The third-order valence-corrected chi connectivity index (χ3v) is 3.68. The summed E-state index contributed by atoms with van der Waals surface area (Å²) in [5, 5.41) is 4.40. The highest BCUT2D eigenvalue weighted by atomic mass is 16.5. The van der Waals surface area contributed by atoms with Crippen molar-refractivity contribution in [3.05, 3.63) is 41.1 Å². The van der Waals surface area contributed by atoms with Gasteiger partial charge in [0.1, 0.15) is 5.75 Å². The van der Waals surface area contributed by atoms with Crippen LogP contribution in [0.3, 0.4) is 0 Å². The molecule has 2 rings (SSSR count). The van der Waals surface area contributed by atoms with Crippen molar-refractivity contribution >= 4 is 11.7 Å². The van der Waals surface area contributed by atoms with E-state index in [1.165, 1.54) is 0 Å². The van der Waals surface area contributed by atoms with Crippen molar-refractivity contribution in [3.8, 4) is 5.75 Å². The molecular formula is C17H22N2O3. The third-order valence-electron chi connectivity index (χ3n) is 3.68. The number of hydrazone groups is 1. The van der Waals surface area contributed by atoms with Crippen LogP contribution in [0.4, 0.5) is 0 Å². The lowest BCUT2D eigenvalue weighted by Crippen LogP contribution is -2.30. The number of nitrogens with zero attached hydrogens (tertiary/aromatic N) is 1. The highest BCUT2D eigenvalue weighted by molar-refractivity contribution is 6.04. The number of hydrogen-bond donors (Lipinski definition) is 1. The lowest BCUT2D eigenvalue weighted by atomic mass is 9.84. The van der Waals surface area contributed by atoms with Crippen molar-refractivity contribution < 1.29 is 14.3 Å². The molecule has 1 aliphatic heterocycles. The predicted octanol–water partition coefficient (Wildman–Crippen LogP) is 2.99. The Bertz CT molecular complexity index is 620. The Kier molecular flexibility index (Phi) is 5.20. The summed E-state index contributed by atoms with van der Waals surface area (Å²) in [6.07, 6.45) is 0.741. The first-order valence-corrected chi connectivity index (χ1v) is 7.46. The van der Waals surface area contributed by atoms with Gasteiger partial charge in [0.2, 0.25) is 0 Å². The van der Waals surface area contributed by atoms with Crippen LogP contribution in [0, 0.1) is 0 Å². The second-order valence-corrected chi connectivity index (χ2v) is 5.04. The van der Waals surface area contributed by atoms with Gasteiger partial charge >= 0.3 is 5.97 Å². The van der Waals surface area contributed by atoms with E-state index in [2.05, 4.69) is 10.5 Å². The van der Waals surface area contributed by atoms with E-state index in [1.54, 1.807) is 14.0 Å². The van der Waals surface area contributed by atoms with E-state index in [0.717, 1.165) is 29.1 Å². The van der Waals surface area contributed by atoms with E-state index in [4.69, 9.17) is 9.47 Å². The molecule has 0 bridgehead atoms. The Morgan fingerprint density at radius 1 is 1.36 bits per heavy atom. The molecule has 1 unspecified atom stereocenters. The van der Waals surface area contributed by atoms with Crippen LogP contribution in [-0.4, -0.2) is 25.4 Å². The lowest BCUT2D eigenvalue weighted by Gasteiger charge is -2.27. The predicted molar refractivity (Wildman–Crippen MR) is 85.9 cm³/mol. The standard InChI is InChI=1S/C17H22N2O3/c1-5-14-16(12-8-7-9-13(10-12)21-4)15(11(3)18-19-14)17(20)22-6-2/h7-10,16,18H,5-6H2,1-4H3. The molecule has 22 heavy (non-hydrogen) atoms. The first kappa shape index (κ1) is 16.1. The zero-order valence-corrected chi connectivity index (χ0v) is 13.5. The second-order valence-electron chi connectivity index (χ2n) is 5.04. The first-order chi connectivity index (χ1) is 10.6. The van der Waals surface area contributed by atoms with Crippen molar-refractivity contribution in [1.29, 1.82) is 0 Å². The van der Waals surface area contributed by atoms with Gasteiger partial charge in [-0.25, -0.2) is 4.79 Å². The van der Waals surface area contributed by atoms with Gasteiger partial charge in [0.05, 0.1) is 30.9 Å². The maximum atomic E-state index is 12.4. The molecule has 0 amide bonds. The average Bonchev–Trinajstić information content (AvgIpc) is 2.54. The molecule has 5 nitrogen and oxygen atoms in total. The number of methoxy groups -OCH3 is 1. The van der Waals surface area contributed by atoms with Gasteiger partial charge in [-0.1, -0.05) is 19.1 Å². The van der Waals surface area contributed by atoms with Crippen LogP contribution in [0.1, 0.15) is 38.7 Å². The zero-order valence-electron chi connectivity index (χ0n) is 13.5. The Labute approximate surface area is 131 Å². The number of esters is 1. The molecule has 0 aliphatic carbocycles. The summed E-state index contributed by atoms with van der Waals surface area (Å²) in [4.78, 5) is 12.4. The minimum atomic E-state index is -0.304. The van der Waals surface area contributed by atoms with Crippen molar-refractivity contribution in [2.24, 2.45) is 5.10 Å². The summed E-state index contributed by atoms with van der Waals surface area (Å²) in [6.45, 7) is 6.02. The fourth-order valence-corrected chi connectivity index (χ4v) is 2.61. The van der Waals surface area contributed by atoms with Gasteiger partial charge < -0.3 is 9.47 Å². The number of ether oxygens (including phenoxy) is 2. The van der Waals surface area contributed by atoms with E-state index in [0.29, 0.717) is 12.2 Å². The van der Waals surface area contributed by atoms with Crippen molar-refractivity contribution in [2.45, 2.75) is 33.1 Å². The summed E-state index contributed by atoms with van der Waals surface area (Å²) < 4.78 is 10.5. The quantitative estimate of drug-likeness (QED) is 0.849. The number of hydrogen-bond acceptors (Lipinski definition) is 5. The monoisotopic (exact) mass is 302 g/mol. The van der Waals surface area contributed by atoms with Gasteiger partial charge in [-0.15, -0.1) is 0 Å². The second kappa shape index (κ2) is 7.11. The molecule has 1 aromatic carbocycles. The number of allylic oxidation sites excluding steroid dienone is 1. The molecule has 0 saturated carbocycles. The van der Waals surface area contributed by atoms with Crippen LogP contribution >= 0.6 is 0 Å². The Hall–Kier alpha value is -2.30. The summed E-state index contributed by atoms with van der Waals surface area (Å²) >= 11 is 0. The van der Waals surface area contributed by atoms with E-state index in [-0.39, 0.29) is 11.9 Å². The lowest BCUT2D eigenvalue weighted by molar-refractivity contribution is -0.138. The van der Waals surface area contributed by atoms with Crippen molar-refractivity contribution in [3.63, 3.8) is 0 Å². The van der Waals surface area contributed by atoms with Gasteiger partial charge in [-0.05, 0) is 38.0 Å². The van der Waals surface area contributed by atoms with E-state index >= 15 is 0 Å². The molecule has 0 fully saturated rings.